The summed E-state index contributed by atoms with van der Waals surface area (Å²) in [5, 5.41) is 21.5. The Morgan fingerprint density at radius 1 is 1.39 bits per heavy atom. The van der Waals surface area contributed by atoms with Crippen LogP contribution in [0.15, 0.2) is 24.3 Å². The van der Waals surface area contributed by atoms with Gasteiger partial charge in [-0.1, -0.05) is 26.0 Å². The van der Waals surface area contributed by atoms with E-state index in [1.165, 1.54) is 0 Å². The Balaban J connectivity index is 2.53. The standard InChI is InChI=1S/C13H20N2O3/c1-13(2,8-16)11(17)12(18)15-7-9-3-5-10(14)6-4-9/h3-6,11,16-17H,7-8,14H2,1-2H3,(H,15,18)/t11-/m1/s1. The third kappa shape index (κ3) is 3.72. The van der Waals surface area contributed by atoms with Crippen molar-refractivity contribution in [2.75, 3.05) is 12.3 Å². The predicted molar refractivity (Wildman–Crippen MR) is 69.6 cm³/mol. The zero-order valence-electron chi connectivity index (χ0n) is 10.7. The molecule has 5 heteroatoms. The Bertz CT molecular complexity index is 401. The molecule has 0 bridgehead atoms. The van der Waals surface area contributed by atoms with Crippen LogP contribution < -0.4 is 11.1 Å². The van der Waals surface area contributed by atoms with E-state index in [-0.39, 0.29) is 6.61 Å². The van der Waals surface area contributed by atoms with E-state index in [0.717, 1.165) is 5.56 Å². The van der Waals surface area contributed by atoms with Crippen LogP contribution in [0.4, 0.5) is 5.69 Å². The number of nitrogens with one attached hydrogen (secondary N) is 1. The molecule has 1 rings (SSSR count). The van der Waals surface area contributed by atoms with Crippen molar-refractivity contribution in [3.05, 3.63) is 29.8 Å². The van der Waals surface area contributed by atoms with E-state index in [0.29, 0.717) is 12.2 Å². The number of aliphatic hydroxyl groups is 2. The van der Waals surface area contributed by atoms with Gasteiger partial charge in [0, 0.05) is 17.6 Å². The molecule has 18 heavy (non-hydrogen) atoms. The van der Waals surface area contributed by atoms with Crippen LogP contribution in [0, 0.1) is 5.41 Å². The SMILES string of the molecule is CC(C)(CO)[C@H](O)C(=O)NCc1ccc(N)cc1. The average Bonchev–Trinajstić information content (AvgIpc) is 2.36. The van der Waals surface area contributed by atoms with Crippen LogP contribution in [0.2, 0.25) is 0 Å². The number of hydrogen-bond acceptors (Lipinski definition) is 4. The summed E-state index contributed by atoms with van der Waals surface area (Å²) < 4.78 is 0. The summed E-state index contributed by atoms with van der Waals surface area (Å²) in [4.78, 5) is 11.7. The molecular formula is C13H20N2O3. The van der Waals surface area contributed by atoms with E-state index in [4.69, 9.17) is 10.8 Å². The van der Waals surface area contributed by atoms with E-state index >= 15 is 0 Å². The van der Waals surface area contributed by atoms with Gasteiger partial charge in [-0.05, 0) is 17.7 Å². The van der Waals surface area contributed by atoms with Crippen LogP contribution in [-0.2, 0) is 11.3 Å². The Hall–Kier alpha value is -1.59. The number of carbonyl (C=O) groups excluding carboxylic acids is 1. The minimum Gasteiger partial charge on any atom is -0.399 e. The second kappa shape index (κ2) is 5.84. The summed E-state index contributed by atoms with van der Waals surface area (Å²) in [6.45, 7) is 3.31. The van der Waals surface area contributed by atoms with Crippen molar-refractivity contribution in [2.24, 2.45) is 5.41 Å². The van der Waals surface area contributed by atoms with Crippen LogP contribution in [0.5, 0.6) is 0 Å². The number of nitrogen functional groups attached to an aromatic ring is 1. The Kier molecular flexibility index (Phi) is 4.69. The molecule has 5 nitrogen and oxygen atoms in total. The van der Waals surface area contributed by atoms with Crippen LogP contribution >= 0.6 is 0 Å². The molecule has 1 aromatic rings. The molecule has 0 heterocycles. The third-order valence-electron chi connectivity index (χ3n) is 2.84. The van der Waals surface area contributed by atoms with Gasteiger partial charge in [0.05, 0.1) is 6.61 Å². The highest BCUT2D eigenvalue weighted by Gasteiger charge is 2.32. The maximum absolute atomic E-state index is 11.7. The summed E-state index contributed by atoms with van der Waals surface area (Å²) in [5.41, 5.74) is 6.25. The highest BCUT2D eigenvalue weighted by Crippen LogP contribution is 2.19. The van der Waals surface area contributed by atoms with Crippen LogP contribution in [0.25, 0.3) is 0 Å². The molecule has 5 N–H and O–H groups in total. The molecule has 0 fully saturated rings. The van der Waals surface area contributed by atoms with Crippen LogP contribution in [0.3, 0.4) is 0 Å². The van der Waals surface area contributed by atoms with E-state index < -0.39 is 17.4 Å². The fourth-order valence-corrected chi connectivity index (χ4v) is 1.36. The van der Waals surface area contributed by atoms with Crippen LogP contribution in [-0.4, -0.2) is 28.8 Å². The normalized spacial score (nSPS) is 13.1. The molecule has 0 aliphatic carbocycles. The van der Waals surface area contributed by atoms with Gasteiger partial charge in [0.15, 0.2) is 0 Å². The number of hydrogen-bond donors (Lipinski definition) is 4. The highest BCUT2D eigenvalue weighted by molar-refractivity contribution is 5.81. The smallest absolute Gasteiger partial charge is 0.249 e. The minimum atomic E-state index is -1.24. The molecule has 0 saturated carbocycles. The molecule has 1 amide bonds. The number of amides is 1. The molecule has 100 valence electrons. The first-order valence-corrected chi connectivity index (χ1v) is 5.78. The molecule has 0 radical (unpaired) electrons. The van der Waals surface area contributed by atoms with Gasteiger partial charge in [-0.2, -0.15) is 0 Å². The lowest BCUT2D eigenvalue weighted by atomic mass is 9.87. The fraction of sp³-hybridized carbons (Fsp3) is 0.462. The largest absolute Gasteiger partial charge is 0.399 e. The summed E-state index contributed by atoms with van der Waals surface area (Å²) in [5.74, 6) is -0.495. The molecule has 0 unspecified atom stereocenters. The first kappa shape index (κ1) is 14.5. The molecule has 0 aliphatic heterocycles. The average molecular weight is 252 g/mol. The van der Waals surface area contributed by atoms with E-state index in [2.05, 4.69) is 5.32 Å². The van der Waals surface area contributed by atoms with Crippen molar-refractivity contribution < 1.29 is 15.0 Å². The molecule has 0 spiro atoms. The van der Waals surface area contributed by atoms with Gasteiger partial charge in [-0.15, -0.1) is 0 Å². The molecule has 0 aromatic heterocycles. The maximum Gasteiger partial charge on any atom is 0.249 e. The minimum absolute atomic E-state index is 0.260. The van der Waals surface area contributed by atoms with Gasteiger partial charge in [0.1, 0.15) is 6.10 Å². The van der Waals surface area contributed by atoms with E-state index in [1.807, 2.05) is 0 Å². The summed E-state index contributed by atoms with van der Waals surface area (Å²) >= 11 is 0. The van der Waals surface area contributed by atoms with Crippen molar-refractivity contribution in [3.8, 4) is 0 Å². The number of benzene rings is 1. The lowest BCUT2D eigenvalue weighted by Crippen LogP contribution is -2.45. The van der Waals surface area contributed by atoms with Gasteiger partial charge < -0.3 is 21.3 Å². The molecule has 0 aliphatic rings. The zero-order valence-corrected chi connectivity index (χ0v) is 10.7. The molecule has 0 saturated heterocycles. The lowest BCUT2D eigenvalue weighted by Gasteiger charge is -2.27. The van der Waals surface area contributed by atoms with Crippen molar-refractivity contribution in [2.45, 2.75) is 26.5 Å². The lowest BCUT2D eigenvalue weighted by molar-refractivity contribution is -0.137. The monoisotopic (exact) mass is 252 g/mol. The van der Waals surface area contributed by atoms with Crippen molar-refractivity contribution >= 4 is 11.6 Å². The Labute approximate surface area is 107 Å². The van der Waals surface area contributed by atoms with Crippen LogP contribution in [0.1, 0.15) is 19.4 Å². The second-order valence-electron chi connectivity index (χ2n) is 5.01. The first-order valence-electron chi connectivity index (χ1n) is 5.78. The molecule has 1 atom stereocenters. The fourth-order valence-electron chi connectivity index (χ4n) is 1.36. The summed E-state index contributed by atoms with van der Waals surface area (Å²) in [7, 11) is 0. The number of nitrogens with two attached hydrogens (primary N) is 1. The number of aliphatic hydroxyl groups excluding tert-OH is 2. The van der Waals surface area contributed by atoms with Gasteiger partial charge in [-0.3, -0.25) is 4.79 Å². The highest BCUT2D eigenvalue weighted by atomic mass is 16.3. The maximum atomic E-state index is 11.7. The Morgan fingerprint density at radius 2 is 1.94 bits per heavy atom. The number of carbonyl (C=O) groups is 1. The topological polar surface area (TPSA) is 95.6 Å². The van der Waals surface area contributed by atoms with Gasteiger partial charge in [0.2, 0.25) is 5.91 Å². The van der Waals surface area contributed by atoms with Crippen molar-refractivity contribution in [3.63, 3.8) is 0 Å². The summed E-state index contributed by atoms with van der Waals surface area (Å²) in [6.07, 6.45) is -1.24. The molecule has 1 aromatic carbocycles. The van der Waals surface area contributed by atoms with Gasteiger partial charge >= 0.3 is 0 Å². The number of anilines is 1. The zero-order chi connectivity index (χ0) is 13.8. The third-order valence-corrected chi connectivity index (χ3v) is 2.84. The van der Waals surface area contributed by atoms with Gasteiger partial charge in [-0.25, -0.2) is 0 Å². The summed E-state index contributed by atoms with van der Waals surface area (Å²) in [6, 6.07) is 7.10. The van der Waals surface area contributed by atoms with E-state index in [1.54, 1.807) is 38.1 Å². The van der Waals surface area contributed by atoms with E-state index in [9.17, 15) is 9.90 Å². The Morgan fingerprint density at radius 3 is 2.44 bits per heavy atom. The predicted octanol–water partition coefficient (Wildman–Crippen LogP) is 0.264. The first-order chi connectivity index (χ1) is 8.36. The number of rotatable bonds is 5. The van der Waals surface area contributed by atoms with Crippen molar-refractivity contribution in [1.29, 1.82) is 0 Å². The van der Waals surface area contributed by atoms with Gasteiger partial charge in [0.25, 0.3) is 0 Å². The second-order valence-corrected chi connectivity index (χ2v) is 5.01. The molecular weight excluding hydrogens is 232 g/mol. The van der Waals surface area contributed by atoms with Crippen molar-refractivity contribution in [1.82, 2.24) is 5.32 Å². The quantitative estimate of drug-likeness (QED) is 0.565.